The zero-order valence-electron chi connectivity index (χ0n) is 10.9. The Morgan fingerprint density at radius 2 is 1.95 bits per heavy atom. The molecule has 2 saturated heterocycles. The number of nitrogens with one attached hydrogen (secondary N) is 1. The van der Waals surface area contributed by atoms with Crippen molar-refractivity contribution in [1.29, 1.82) is 0 Å². The molecule has 2 aliphatic rings. The minimum atomic E-state index is -4.32. The van der Waals surface area contributed by atoms with Crippen molar-refractivity contribution in [3.05, 3.63) is 24.0 Å². The molecule has 2 fully saturated rings. The van der Waals surface area contributed by atoms with Gasteiger partial charge in [-0.1, -0.05) is 0 Å². The largest absolute Gasteiger partial charge is 0.406 e. The normalized spacial score (nSPS) is 26.1. The van der Waals surface area contributed by atoms with E-state index in [2.05, 4.69) is 5.32 Å². The van der Waals surface area contributed by atoms with Crippen LogP contribution in [0.2, 0.25) is 0 Å². The van der Waals surface area contributed by atoms with Gasteiger partial charge in [-0.25, -0.2) is 0 Å². The van der Waals surface area contributed by atoms with Crippen molar-refractivity contribution >= 4 is 5.91 Å². The molecule has 0 unspecified atom stereocenters. The first-order chi connectivity index (χ1) is 9.44. The van der Waals surface area contributed by atoms with Crippen LogP contribution in [0.5, 0.6) is 0 Å². The summed E-state index contributed by atoms with van der Waals surface area (Å²) in [6.45, 7) is 1.92. The third-order valence-electron chi connectivity index (χ3n) is 4.08. The number of likely N-dealkylation sites (tertiary alicyclic amines) is 1. The molecule has 1 N–H and O–H groups in total. The van der Waals surface area contributed by atoms with Crippen LogP contribution in [-0.4, -0.2) is 47.7 Å². The summed E-state index contributed by atoms with van der Waals surface area (Å²) in [7, 11) is 0. The van der Waals surface area contributed by atoms with Crippen molar-refractivity contribution in [1.82, 2.24) is 14.8 Å². The number of alkyl halides is 3. The van der Waals surface area contributed by atoms with Crippen LogP contribution in [0, 0.1) is 11.8 Å². The molecule has 3 heterocycles. The van der Waals surface area contributed by atoms with Crippen molar-refractivity contribution < 1.29 is 18.0 Å². The van der Waals surface area contributed by atoms with E-state index in [4.69, 9.17) is 0 Å². The SMILES string of the molecule is O=C(c1cccn1CC(F)(F)F)N1C[C@H]2CNC[C@H]2C1. The molecule has 0 spiro atoms. The highest BCUT2D eigenvalue weighted by Gasteiger charge is 2.39. The number of hydrogen-bond donors (Lipinski definition) is 1. The second kappa shape index (κ2) is 4.80. The van der Waals surface area contributed by atoms with E-state index in [1.54, 1.807) is 4.90 Å². The van der Waals surface area contributed by atoms with Gasteiger partial charge >= 0.3 is 6.18 Å². The van der Waals surface area contributed by atoms with Crippen LogP contribution in [0.3, 0.4) is 0 Å². The topological polar surface area (TPSA) is 37.3 Å². The number of halogens is 3. The van der Waals surface area contributed by atoms with Gasteiger partial charge in [0, 0.05) is 32.4 Å². The van der Waals surface area contributed by atoms with Gasteiger partial charge in [-0.05, 0) is 24.0 Å². The predicted molar refractivity (Wildman–Crippen MR) is 66.2 cm³/mol. The highest BCUT2D eigenvalue weighted by atomic mass is 19.4. The molecule has 2 aliphatic heterocycles. The molecule has 7 heteroatoms. The molecule has 1 amide bonds. The Labute approximate surface area is 114 Å². The number of hydrogen-bond acceptors (Lipinski definition) is 2. The molecule has 0 saturated carbocycles. The van der Waals surface area contributed by atoms with E-state index in [-0.39, 0.29) is 11.6 Å². The second-order valence-corrected chi connectivity index (χ2v) is 5.53. The van der Waals surface area contributed by atoms with E-state index in [1.807, 2.05) is 0 Å². The lowest BCUT2D eigenvalue weighted by atomic mass is 10.0. The van der Waals surface area contributed by atoms with Gasteiger partial charge in [0.15, 0.2) is 0 Å². The lowest BCUT2D eigenvalue weighted by Crippen LogP contribution is -2.34. The number of amides is 1. The van der Waals surface area contributed by atoms with Crippen LogP contribution in [0.1, 0.15) is 10.5 Å². The van der Waals surface area contributed by atoms with Gasteiger partial charge in [0.2, 0.25) is 0 Å². The van der Waals surface area contributed by atoms with Crippen LogP contribution in [0.15, 0.2) is 18.3 Å². The third-order valence-corrected chi connectivity index (χ3v) is 4.08. The maximum Gasteiger partial charge on any atom is 0.406 e. The van der Waals surface area contributed by atoms with E-state index >= 15 is 0 Å². The van der Waals surface area contributed by atoms with Crippen molar-refractivity contribution in [2.75, 3.05) is 26.2 Å². The van der Waals surface area contributed by atoms with Crippen molar-refractivity contribution in [2.45, 2.75) is 12.7 Å². The average molecular weight is 287 g/mol. The van der Waals surface area contributed by atoms with Crippen molar-refractivity contribution in [3.63, 3.8) is 0 Å². The summed E-state index contributed by atoms with van der Waals surface area (Å²) in [5.41, 5.74) is 0.121. The van der Waals surface area contributed by atoms with Gasteiger partial charge in [-0.3, -0.25) is 4.79 Å². The second-order valence-electron chi connectivity index (χ2n) is 5.53. The Morgan fingerprint density at radius 1 is 1.30 bits per heavy atom. The van der Waals surface area contributed by atoms with Gasteiger partial charge in [-0.2, -0.15) is 13.2 Å². The zero-order valence-corrected chi connectivity index (χ0v) is 10.9. The average Bonchev–Trinajstić information content (AvgIpc) is 2.98. The lowest BCUT2D eigenvalue weighted by molar-refractivity contribution is -0.140. The number of rotatable bonds is 2. The standard InChI is InChI=1S/C13H16F3N3O/c14-13(15,16)8-18-3-1-2-11(18)12(20)19-6-9-4-17-5-10(9)7-19/h1-3,9-10,17H,4-8H2/t9-,10+. The van der Waals surface area contributed by atoms with Crippen LogP contribution in [0.25, 0.3) is 0 Å². The summed E-state index contributed by atoms with van der Waals surface area (Å²) in [6.07, 6.45) is -3.02. The van der Waals surface area contributed by atoms with Crippen LogP contribution in [0.4, 0.5) is 13.2 Å². The van der Waals surface area contributed by atoms with E-state index < -0.39 is 12.7 Å². The Hall–Kier alpha value is -1.50. The zero-order chi connectivity index (χ0) is 14.3. The summed E-state index contributed by atoms with van der Waals surface area (Å²) >= 11 is 0. The summed E-state index contributed by atoms with van der Waals surface area (Å²) in [5, 5.41) is 3.27. The molecule has 0 radical (unpaired) electrons. The minimum absolute atomic E-state index is 0.121. The Kier molecular flexibility index (Phi) is 3.24. The van der Waals surface area contributed by atoms with Crippen LogP contribution < -0.4 is 5.32 Å². The summed E-state index contributed by atoms with van der Waals surface area (Å²) < 4.78 is 38.4. The molecule has 4 nitrogen and oxygen atoms in total. The summed E-state index contributed by atoms with van der Waals surface area (Å²) in [5.74, 6) is 0.573. The third kappa shape index (κ3) is 2.54. The quantitative estimate of drug-likeness (QED) is 0.891. The summed E-state index contributed by atoms with van der Waals surface area (Å²) in [6, 6.07) is 2.94. The summed E-state index contributed by atoms with van der Waals surface area (Å²) in [4.78, 5) is 14.0. The molecule has 0 aromatic carbocycles. The minimum Gasteiger partial charge on any atom is -0.337 e. The molecular formula is C13H16F3N3O. The molecular weight excluding hydrogens is 271 g/mol. The van der Waals surface area contributed by atoms with E-state index in [0.717, 1.165) is 17.7 Å². The fourth-order valence-electron chi connectivity index (χ4n) is 3.12. The van der Waals surface area contributed by atoms with Crippen molar-refractivity contribution in [3.8, 4) is 0 Å². The fraction of sp³-hybridized carbons (Fsp3) is 0.615. The molecule has 0 bridgehead atoms. The molecule has 1 aromatic rings. The number of carbonyl (C=O) groups excluding carboxylic acids is 1. The number of aromatic nitrogens is 1. The van der Waals surface area contributed by atoms with E-state index in [1.165, 1.54) is 18.3 Å². The molecule has 110 valence electrons. The van der Waals surface area contributed by atoms with Gasteiger partial charge < -0.3 is 14.8 Å². The van der Waals surface area contributed by atoms with Crippen LogP contribution >= 0.6 is 0 Å². The number of carbonyl (C=O) groups is 1. The first kappa shape index (κ1) is 13.5. The van der Waals surface area contributed by atoms with Gasteiger partial charge in [0.1, 0.15) is 12.2 Å². The Morgan fingerprint density at radius 3 is 2.55 bits per heavy atom. The fourth-order valence-corrected chi connectivity index (χ4v) is 3.12. The first-order valence-corrected chi connectivity index (χ1v) is 6.66. The number of fused-ring (bicyclic) bond motifs is 1. The smallest absolute Gasteiger partial charge is 0.337 e. The highest BCUT2D eigenvalue weighted by Crippen LogP contribution is 2.28. The van der Waals surface area contributed by atoms with Gasteiger partial charge in [-0.15, -0.1) is 0 Å². The van der Waals surface area contributed by atoms with E-state index in [9.17, 15) is 18.0 Å². The Balaban J connectivity index is 1.73. The van der Waals surface area contributed by atoms with E-state index in [0.29, 0.717) is 24.9 Å². The lowest BCUT2D eigenvalue weighted by Gasteiger charge is -2.19. The highest BCUT2D eigenvalue weighted by molar-refractivity contribution is 5.93. The maximum atomic E-state index is 12.5. The van der Waals surface area contributed by atoms with Crippen molar-refractivity contribution in [2.24, 2.45) is 11.8 Å². The van der Waals surface area contributed by atoms with Gasteiger partial charge in [0.05, 0.1) is 0 Å². The van der Waals surface area contributed by atoms with Gasteiger partial charge in [0.25, 0.3) is 5.91 Å². The molecule has 1 aromatic heterocycles. The molecule has 3 rings (SSSR count). The predicted octanol–water partition coefficient (Wildman–Crippen LogP) is 1.34. The molecule has 0 aliphatic carbocycles. The first-order valence-electron chi connectivity index (χ1n) is 6.66. The Bertz CT molecular complexity index is 499. The van der Waals surface area contributed by atoms with Crippen LogP contribution in [-0.2, 0) is 6.54 Å². The molecule has 2 atom stereocenters. The maximum absolute atomic E-state index is 12.5. The molecule has 20 heavy (non-hydrogen) atoms. The monoisotopic (exact) mass is 287 g/mol. The number of nitrogens with zero attached hydrogens (tertiary/aromatic N) is 2.